The molecule has 0 bridgehead atoms. The molecule has 22 heavy (non-hydrogen) atoms. The lowest BCUT2D eigenvalue weighted by molar-refractivity contribution is 0.634. The van der Waals surface area contributed by atoms with Gasteiger partial charge in [0.25, 0.3) is 0 Å². The third-order valence-corrected chi connectivity index (χ3v) is 4.58. The number of anilines is 1. The molecule has 0 aliphatic heterocycles. The molecule has 1 aromatic heterocycles. The van der Waals surface area contributed by atoms with Crippen LogP contribution in [0.5, 0.6) is 0 Å². The number of nitrogens with zero attached hydrogens (tertiary/aromatic N) is 2. The molecule has 1 aromatic carbocycles. The van der Waals surface area contributed by atoms with E-state index in [-0.39, 0.29) is 0 Å². The molecule has 1 saturated carbocycles. The summed E-state index contributed by atoms with van der Waals surface area (Å²) in [6.07, 6.45) is 6.96. The first-order chi connectivity index (χ1) is 10.7. The maximum Gasteiger partial charge on any atom is 0.172 e. The van der Waals surface area contributed by atoms with Gasteiger partial charge in [-0.3, -0.25) is 4.68 Å². The smallest absolute Gasteiger partial charge is 0.172 e. The van der Waals surface area contributed by atoms with Crippen molar-refractivity contribution in [2.75, 3.05) is 5.32 Å². The molecule has 1 fully saturated rings. The third-order valence-electron chi connectivity index (χ3n) is 3.83. The first-order valence-corrected chi connectivity index (χ1v) is 8.74. The van der Waals surface area contributed by atoms with Crippen LogP contribution in [0.2, 0.25) is 0 Å². The van der Waals surface area contributed by atoms with Crippen molar-refractivity contribution in [3.05, 3.63) is 46.6 Å². The number of benzene rings is 1. The zero-order valence-electron chi connectivity index (χ0n) is 12.3. The van der Waals surface area contributed by atoms with E-state index in [1.807, 2.05) is 29.1 Å². The van der Waals surface area contributed by atoms with Crippen molar-refractivity contribution in [2.24, 2.45) is 0 Å². The van der Waals surface area contributed by atoms with Gasteiger partial charge in [-0.2, -0.15) is 5.10 Å². The summed E-state index contributed by atoms with van der Waals surface area (Å²) in [6.45, 7) is 0.748. The molecule has 1 heterocycles. The summed E-state index contributed by atoms with van der Waals surface area (Å²) < 4.78 is 2.99. The highest BCUT2D eigenvalue weighted by molar-refractivity contribution is 9.10. The summed E-state index contributed by atoms with van der Waals surface area (Å²) >= 11 is 8.79. The van der Waals surface area contributed by atoms with Gasteiger partial charge in [0.2, 0.25) is 0 Å². The van der Waals surface area contributed by atoms with Gasteiger partial charge in [-0.05, 0) is 42.8 Å². The molecular weight excluding hydrogens is 360 g/mol. The molecule has 0 unspecified atom stereocenters. The minimum Gasteiger partial charge on any atom is -0.360 e. The van der Waals surface area contributed by atoms with E-state index in [1.54, 1.807) is 0 Å². The highest BCUT2D eigenvalue weighted by atomic mass is 79.9. The van der Waals surface area contributed by atoms with E-state index < -0.39 is 0 Å². The quantitative estimate of drug-likeness (QED) is 0.791. The number of hydrogen-bond acceptors (Lipinski definition) is 2. The molecule has 1 aliphatic rings. The van der Waals surface area contributed by atoms with Crippen LogP contribution in [0.15, 0.2) is 41.0 Å². The van der Waals surface area contributed by atoms with Gasteiger partial charge in [-0.1, -0.05) is 40.9 Å². The van der Waals surface area contributed by atoms with Crippen molar-refractivity contribution >= 4 is 39.1 Å². The van der Waals surface area contributed by atoms with Gasteiger partial charge in [0.05, 0.1) is 6.54 Å². The van der Waals surface area contributed by atoms with Crippen molar-refractivity contribution in [1.82, 2.24) is 15.1 Å². The lowest BCUT2D eigenvalue weighted by atomic mass is 10.2. The lowest BCUT2D eigenvalue weighted by Crippen LogP contribution is -2.36. The molecule has 0 atom stereocenters. The molecular formula is C16H19BrN4S. The fraction of sp³-hybridized carbons (Fsp3) is 0.375. The Bertz CT molecular complexity index is 632. The average Bonchev–Trinajstić information content (AvgIpc) is 3.14. The molecule has 0 amide bonds. The fourth-order valence-electron chi connectivity index (χ4n) is 2.70. The second-order valence-electron chi connectivity index (χ2n) is 5.60. The lowest BCUT2D eigenvalue weighted by Gasteiger charge is -2.14. The van der Waals surface area contributed by atoms with E-state index in [1.165, 1.54) is 31.2 Å². The van der Waals surface area contributed by atoms with Gasteiger partial charge in [0.1, 0.15) is 0 Å². The number of aromatic nitrogens is 2. The molecule has 0 spiro atoms. The molecule has 1 aliphatic carbocycles. The van der Waals surface area contributed by atoms with Gasteiger partial charge in [-0.25, -0.2) is 0 Å². The number of halogens is 1. The highest BCUT2D eigenvalue weighted by Crippen LogP contribution is 2.18. The predicted octanol–water partition coefficient (Wildman–Crippen LogP) is 3.92. The van der Waals surface area contributed by atoms with Crippen LogP contribution in [0.3, 0.4) is 0 Å². The summed E-state index contributed by atoms with van der Waals surface area (Å²) in [5, 5.41) is 11.7. The Morgan fingerprint density at radius 3 is 2.68 bits per heavy atom. The second kappa shape index (κ2) is 7.24. The molecule has 3 rings (SSSR count). The monoisotopic (exact) mass is 378 g/mol. The van der Waals surface area contributed by atoms with Crippen molar-refractivity contribution in [3.8, 4) is 0 Å². The topological polar surface area (TPSA) is 41.9 Å². The van der Waals surface area contributed by atoms with Crippen molar-refractivity contribution < 1.29 is 0 Å². The van der Waals surface area contributed by atoms with Crippen LogP contribution < -0.4 is 10.6 Å². The van der Waals surface area contributed by atoms with Gasteiger partial charge < -0.3 is 10.6 Å². The Kier molecular flexibility index (Phi) is 5.10. The second-order valence-corrected chi connectivity index (χ2v) is 6.93. The van der Waals surface area contributed by atoms with Crippen LogP contribution >= 0.6 is 28.1 Å². The van der Waals surface area contributed by atoms with Crippen LogP contribution in [-0.4, -0.2) is 20.9 Å². The Morgan fingerprint density at radius 1 is 1.23 bits per heavy atom. The normalized spacial score (nSPS) is 15.0. The Labute approximate surface area is 144 Å². The standard InChI is InChI=1S/C16H19BrN4S/c17-13-7-5-12(6-8-13)11-21-10-9-15(20-21)19-16(22)18-14-3-1-2-4-14/h5-10,14H,1-4,11H2,(H2,18,19,20,22). The van der Waals surface area contributed by atoms with Crippen molar-refractivity contribution in [3.63, 3.8) is 0 Å². The van der Waals surface area contributed by atoms with E-state index in [9.17, 15) is 0 Å². The molecule has 4 nitrogen and oxygen atoms in total. The minimum absolute atomic E-state index is 0.518. The van der Waals surface area contributed by atoms with Crippen molar-refractivity contribution in [1.29, 1.82) is 0 Å². The molecule has 2 aromatic rings. The van der Waals surface area contributed by atoms with Crippen LogP contribution in [0.4, 0.5) is 5.82 Å². The third kappa shape index (κ3) is 4.30. The summed E-state index contributed by atoms with van der Waals surface area (Å²) in [4.78, 5) is 0. The van der Waals surface area contributed by atoms with Crippen molar-refractivity contribution in [2.45, 2.75) is 38.3 Å². The zero-order valence-corrected chi connectivity index (χ0v) is 14.7. The Balaban J connectivity index is 1.54. The van der Waals surface area contributed by atoms with E-state index in [0.29, 0.717) is 11.2 Å². The number of rotatable bonds is 4. The van der Waals surface area contributed by atoms with E-state index in [4.69, 9.17) is 12.2 Å². The number of nitrogens with one attached hydrogen (secondary N) is 2. The summed E-state index contributed by atoms with van der Waals surface area (Å²) in [6, 6.07) is 10.7. The van der Waals surface area contributed by atoms with Gasteiger partial charge in [-0.15, -0.1) is 0 Å². The van der Waals surface area contributed by atoms with Crippen LogP contribution in [0.1, 0.15) is 31.2 Å². The van der Waals surface area contributed by atoms with Gasteiger partial charge >= 0.3 is 0 Å². The van der Waals surface area contributed by atoms with Crippen LogP contribution in [0.25, 0.3) is 0 Å². The van der Waals surface area contributed by atoms with Gasteiger partial charge in [0.15, 0.2) is 10.9 Å². The summed E-state index contributed by atoms with van der Waals surface area (Å²) in [5.41, 5.74) is 1.21. The number of thiocarbonyl (C=S) groups is 1. The van der Waals surface area contributed by atoms with E-state index in [2.05, 4.69) is 43.8 Å². The van der Waals surface area contributed by atoms with Crippen LogP contribution in [-0.2, 0) is 6.54 Å². The Hall–Kier alpha value is -1.40. The SMILES string of the molecule is S=C(Nc1ccn(Cc2ccc(Br)cc2)n1)NC1CCCC1. The predicted molar refractivity (Wildman–Crippen MR) is 97.1 cm³/mol. The van der Waals surface area contributed by atoms with E-state index >= 15 is 0 Å². The largest absolute Gasteiger partial charge is 0.360 e. The van der Waals surface area contributed by atoms with Crippen LogP contribution in [0, 0.1) is 0 Å². The van der Waals surface area contributed by atoms with Gasteiger partial charge in [0, 0.05) is 22.8 Å². The molecule has 0 saturated heterocycles. The molecule has 116 valence electrons. The summed E-state index contributed by atoms with van der Waals surface area (Å²) in [7, 11) is 0. The molecule has 6 heteroatoms. The summed E-state index contributed by atoms with van der Waals surface area (Å²) in [5.74, 6) is 0.785. The van der Waals surface area contributed by atoms with E-state index in [0.717, 1.165) is 16.8 Å². The molecule has 0 radical (unpaired) electrons. The number of hydrogen-bond donors (Lipinski definition) is 2. The fourth-order valence-corrected chi connectivity index (χ4v) is 3.24. The maximum absolute atomic E-state index is 5.35. The Morgan fingerprint density at radius 2 is 1.95 bits per heavy atom. The minimum atomic E-state index is 0.518. The first kappa shape index (κ1) is 15.5. The molecule has 2 N–H and O–H groups in total. The first-order valence-electron chi connectivity index (χ1n) is 7.54. The average molecular weight is 379 g/mol. The maximum atomic E-state index is 5.35. The zero-order chi connectivity index (χ0) is 15.4. The highest BCUT2D eigenvalue weighted by Gasteiger charge is 2.15.